The van der Waals surface area contributed by atoms with Crippen LogP contribution < -0.4 is 4.89 Å². The summed E-state index contributed by atoms with van der Waals surface area (Å²) in [6.07, 6.45) is 0. The molecule has 0 aliphatic rings. The molecule has 0 unspecified atom stereocenters. The minimum atomic E-state index is -0.400. The molecule has 0 saturated heterocycles. The normalized spacial score (nSPS) is 9.40. The van der Waals surface area contributed by atoms with Crippen molar-refractivity contribution in [1.82, 2.24) is 4.89 Å². The largest absolute Gasteiger partial charge is 0.387 e. The zero-order chi connectivity index (χ0) is 4.28. The Bertz CT molecular complexity index is 23.6. The molecule has 0 spiro atoms. The predicted molar refractivity (Wildman–Crippen MR) is 30.6 cm³/mol. The summed E-state index contributed by atoms with van der Waals surface area (Å²) in [5.74, 6) is 0. The smallest absolute Gasteiger partial charge is 0.174 e. The average Bonchev–Trinajstić information content (AvgIpc) is 1.38. The SMILES string of the molecule is BN[SiH](C)C. The van der Waals surface area contributed by atoms with E-state index in [2.05, 4.69) is 18.0 Å². The monoisotopic (exact) mass is 87.1 g/mol. The Morgan fingerprint density at radius 2 is 1.80 bits per heavy atom. The summed E-state index contributed by atoms with van der Waals surface area (Å²) in [5.41, 5.74) is 0. The van der Waals surface area contributed by atoms with E-state index >= 15 is 0 Å². The lowest BCUT2D eigenvalue weighted by Crippen LogP contribution is -2.23. The lowest BCUT2D eigenvalue weighted by atomic mass is 10.5. The highest BCUT2D eigenvalue weighted by Crippen LogP contribution is 1.61. The predicted octanol–water partition coefficient (Wildman–Crippen LogP) is -0.893. The molecular weight excluding hydrogens is 76.9 g/mol. The number of rotatable bonds is 1. The van der Waals surface area contributed by atoms with Crippen molar-refractivity contribution in [3.8, 4) is 0 Å². The van der Waals surface area contributed by atoms with Crippen LogP contribution in [0.1, 0.15) is 0 Å². The Labute approximate surface area is 35.9 Å². The van der Waals surface area contributed by atoms with E-state index in [0.717, 1.165) is 0 Å². The summed E-state index contributed by atoms with van der Waals surface area (Å²) in [6.45, 7) is 4.50. The molecule has 0 radical (unpaired) electrons. The van der Waals surface area contributed by atoms with Crippen molar-refractivity contribution in [2.45, 2.75) is 13.1 Å². The molecule has 0 atom stereocenters. The molecule has 0 aliphatic heterocycles. The second-order valence-electron chi connectivity index (χ2n) is 1.44. The quantitative estimate of drug-likeness (QED) is 0.409. The van der Waals surface area contributed by atoms with Crippen molar-refractivity contribution < 1.29 is 0 Å². The van der Waals surface area contributed by atoms with E-state index in [1.165, 1.54) is 0 Å². The van der Waals surface area contributed by atoms with Crippen LogP contribution >= 0.6 is 0 Å². The van der Waals surface area contributed by atoms with Crippen LogP contribution in [0.25, 0.3) is 0 Å². The third kappa shape index (κ3) is 4.24. The second-order valence-corrected chi connectivity index (χ2v) is 4.33. The van der Waals surface area contributed by atoms with Gasteiger partial charge in [-0.1, -0.05) is 13.1 Å². The molecule has 5 heavy (non-hydrogen) atoms. The third-order valence-electron chi connectivity index (χ3n) is 0.577. The van der Waals surface area contributed by atoms with Gasteiger partial charge in [-0.2, -0.15) is 0 Å². The molecule has 30 valence electrons. The summed E-state index contributed by atoms with van der Waals surface area (Å²) in [7, 11) is 1.61. The van der Waals surface area contributed by atoms with E-state index in [9.17, 15) is 0 Å². The zero-order valence-electron chi connectivity index (χ0n) is 4.08. The molecule has 3 heteroatoms. The first-order valence-electron chi connectivity index (χ1n) is 1.94. The molecule has 1 nitrogen and oxygen atoms in total. The fourth-order valence-corrected chi connectivity index (χ4v) is 0. The highest BCUT2D eigenvalue weighted by molar-refractivity contribution is 6.58. The minimum absolute atomic E-state index is 0.400. The van der Waals surface area contributed by atoms with Gasteiger partial charge in [-0.05, 0) is 0 Å². The molecule has 0 aliphatic carbocycles. The van der Waals surface area contributed by atoms with Gasteiger partial charge >= 0.3 is 0 Å². The summed E-state index contributed by atoms with van der Waals surface area (Å²) >= 11 is 0. The van der Waals surface area contributed by atoms with E-state index < -0.39 is 8.96 Å². The van der Waals surface area contributed by atoms with Crippen molar-refractivity contribution in [3.63, 3.8) is 0 Å². The van der Waals surface area contributed by atoms with Crippen LogP contribution in [0.4, 0.5) is 0 Å². The molecule has 0 bridgehead atoms. The second kappa shape index (κ2) is 2.48. The van der Waals surface area contributed by atoms with E-state index in [-0.39, 0.29) is 0 Å². The lowest BCUT2D eigenvalue weighted by molar-refractivity contribution is 1.54. The van der Waals surface area contributed by atoms with Crippen molar-refractivity contribution in [1.29, 1.82) is 0 Å². The van der Waals surface area contributed by atoms with Crippen LogP contribution in [0, 0.1) is 0 Å². The van der Waals surface area contributed by atoms with Crippen LogP contribution in [0.5, 0.6) is 0 Å². The first-order valence-corrected chi connectivity index (χ1v) is 4.83. The third-order valence-corrected chi connectivity index (χ3v) is 1.73. The molecule has 0 amide bonds. The fourth-order valence-electron chi connectivity index (χ4n) is 0. The standard InChI is InChI=1S/C2H10BNSi/c1-5(2)4-3/h4-5H,3H2,1-2H3. The maximum Gasteiger partial charge on any atom is 0.174 e. The fraction of sp³-hybridized carbons (Fsp3) is 1.00. The molecular formula is C2H10BNSi. The van der Waals surface area contributed by atoms with Gasteiger partial charge in [-0.15, -0.1) is 0 Å². The molecule has 0 heterocycles. The lowest BCUT2D eigenvalue weighted by Gasteiger charge is -1.92. The van der Waals surface area contributed by atoms with Crippen molar-refractivity contribution in [2.75, 3.05) is 0 Å². The van der Waals surface area contributed by atoms with E-state index in [1.54, 1.807) is 0 Å². The Morgan fingerprint density at radius 3 is 1.80 bits per heavy atom. The van der Waals surface area contributed by atoms with Gasteiger partial charge in [0.2, 0.25) is 0 Å². The van der Waals surface area contributed by atoms with Crippen molar-refractivity contribution in [2.24, 2.45) is 0 Å². The number of nitrogens with one attached hydrogen (secondary N) is 1. The van der Waals surface area contributed by atoms with Gasteiger partial charge in [0.15, 0.2) is 7.98 Å². The first kappa shape index (κ1) is 5.24. The first-order chi connectivity index (χ1) is 2.27. The topological polar surface area (TPSA) is 12.0 Å². The van der Waals surface area contributed by atoms with Gasteiger partial charge in [0.1, 0.15) is 0 Å². The van der Waals surface area contributed by atoms with Crippen molar-refractivity contribution in [3.05, 3.63) is 0 Å². The number of hydrogen-bond acceptors (Lipinski definition) is 1. The van der Waals surface area contributed by atoms with Crippen LogP contribution in [-0.2, 0) is 0 Å². The Morgan fingerprint density at radius 1 is 1.60 bits per heavy atom. The van der Waals surface area contributed by atoms with E-state index in [1.807, 2.05) is 7.98 Å². The van der Waals surface area contributed by atoms with Gasteiger partial charge in [-0.3, -0.25) is 0 Å². The van der Waals surface area contributed by atoms with E-state index in [0.29, 0.717) is 0 Å². The highest BCUT2D eigenvalue weighted by Gasteiger charge is 1.80. The Kier molecular flexibility index (Phi) is 2.60. The van der Waals surface area contributed by atoms with Gasteiger partial charge in [-0.25, -0.2) is 0 Å². The molecule has 0 rings (SSSR count). The summed E-state index contributed by atoms with van der Waals surface area (Å²) in [6, 6.07) is 0. The molecule has 0 fully saturated rings. The van der Waals surface area contributed by atoms with E-state index in [4.69, 9.17) is 0 Å². The maximum atomic E-state index is 3.17. The maximum absolute atomic E-state index is 3.17. The average molecular weight is 87.0 g/mol. The molecule has 0 aromatic heterocycles. The Hall–Kier alpha value is 0.242. The van der Waals surface area contributed by atoms with Gasteiger partial charge in [0, 0.05) is 0 Å². The minimum Gasteiger partial charge on any atom is -0.387 e. The molecule has 1 N–H and O–H groups in total. The van der Waals surface area contributed by atoms with Crippen LogP contribution in [0.15, 0.2) is 0 Å². The summed E-state index contributed by atoms with van der Waals surface area (Å²) in [4.78, 5) is 3.17. The Balaban J connectivity index is 2.54. The van der Waals surface area contributed by atoms with Gasteiger partial charge in [0.05, 0.1) is 8.96 Å². The molecule has 0 aromatic carbocycles. The zero-order valence-corrected chi connectivity index (χ0v) is 5.23. The molecule has 0 aromatic rings. The van der Waals surface area contributed by atoms with Gasteiger partial charge < -0.3 is 4.89 Å². The van der Waals surface area contributed by atoms with Crippen LogP contribution in [-0.4, -0.2) is 16.9 Å². The summed E-state index contributed by atoms with van der Waals surface area (Å²) in [5, 5.41) is 0. The van der Waals surface area contributed by atoms with Crippen molar-refractivity contribution >= 4 is 16.9 Å². The van der Waals surface area contributed by atoms with Gasteiger partial charge in [0.25, 0.3) is 0 Å². The number of hydrogen-bond donors (Lipinski definition) is 1. The summed E-state index contributed by atoms with van der Waals surface area (Å²) < 4.78 is 0. The highest BCUT2D eigenvalue weighted by atomic mass is 28.3. The van der Waals surface area contributed by atoms with Crippen LogP contribution in [0.2, 0.25) is 13.1 Å². The molecule has 0 saturated carbocycles. The van der Waals surface area contributed by atoms with Crippen LogP contribution in [0.3, 0.4) is 0 Å².